The lowest BCUT2D eigenvalue weighted by atomic mass is 9.88. The molecule has 1 heterocycles. The molecule has 0 amide bonds. The van der Waals surface area contributed by atoms with Gasteiger partial charge in [0.25, 0.3) is 0 Å². The van der Waals surface area contributed by atoms with Gasteiger partial charge in [-0.1, -0.05) is 12.2 Å². The van der Waals surface area contributed by atoms with Gasteiger partial charge in [0.2, 0.25) is 11.6 Å². The van der Waals surface area contributed by atoms with E-state index >= 15 is 0 Å². The van der Waals surface area contributed by atoms with Crippen LogP contribution in [0.5, 0.6) is 0 Å². The minimum Gasteiger partial charge on any atom is -0.487 e. The predicted octanol–water partition coefficient (Wildman–Crippen LogP) is 3.82. The van der Waals surface area contributed by atoms with Crippen molar-refractivity contribution in [2.24, 2.45) is 0 Å². The molecule has 0 radical (unpaired) electrons. The average molecular weight is 286 g/mol. The van der Waals surface area contributed by atoms with E-state index in [1.54, 1.807) is 13.0 Å². The highest BCUT2D eigenvalue weighted by molar-refractivity contribution is 6.49. The Hall–Kier alpha value is -1.90. The highest BCUT2D eigenvalue weighted by Crippen LogP contribution is 2.33. The van der Waals surface area contributed by atoms with E-state index < -0.39 is 11.6 Å². The molecule has 0 saturated carbocycles. The molecule has 2 aliphatic rings. The topological polar surface area (TPSA) is 43.4 Å². The van der Waals surface area contributed by atoms with Gasteiger partial charge in [-0.3, -0.25) is 9.59 Å². The van der Waals surface area contributed by atoms with Crippen LogP contribution in [0, 0.1) is 0 Å². The first-order valence-corrected chi connectivity index (χ1v) is 7.26. The standard InChI is InChI=1S/C18H22O3/c1-11-6-7-15-14(8-9-18(4,5)21-15)17(20)16(19)13(3)10-12(11)2/h6-7,10H,8-9H2,1-5H3/b7-6+,12-11-,13-10+. The zero-order valence-corrected chi connectivity index (χ0v) is 13.4. The molecule has 0 aromatic rings. The summed E-state index contributed by atoms with van der Waals surface area (Å²) in [6.07, 6.45) is 6.84. The van der Waals surface area contributed by atoms with Crippen molar-refractivity contribution in [2.45, 2.75) is 53.1 Å². The molecule has 3 nitrogen and oxygen atoms in total. The van der Waals surface area contributed by atoms with Gasteiger partial charge in [-0.15, -0.1) is 0 Å². The van der Waals surface area contributed by atoms with Crippen molar-refractivity contribution in [3.05, 3.63) is 46.3 Å². The zero-order valence-electron chi connectivity index (χ0n) is 13.4. The minimum atomic E-state index is -0.439. The van der Waals surface area contributed by atoms with Crippen molar-refractivity contribution in [1.29, 1.82) is 0 Å². The number of hydrogen-bond acceptors (Lipinski definition) is 3. The van der Waals surface area contributed by atoms with Crippen LogP contribution in [0.15, 0.2) is 46.3 Å². The lowest BCUT2D eigenvalue weighted by Crippen LogP contribution is -2.31. The first kappa shape index (κ1) is 15.5. The summed E-state index contributed by atoms with van der Waals surface area (Å²) in [5.74, 6) is -0.342. The Morgan fingerprint density at radius 2 is 1.67 bits per heavy atom. The molecule has 1 aliphatic heterocycles. The van der Waals surface area contributed by atoms with Crippen LogP contribution in [0.3, 0.4) is 0 Å². The Morgan fingerprint density at radius 3 is 2.33 bits per heavy atom. The lowest BCUT2D eigenvalue weighted by Gasteiger charge is -2.33. The first-order chi connectivity index (χ1) is 9.71. The van der Waals surface area contributed by atoms with Gasteiger partial charge in [0.05, 0.1) is 0 Å². The normalized spacial score (nSPS) is 30.2. The van der Waals surface area contributed by atoms with Crippen LogP contribution in [0.4, 0.5) is 0 Å². The number of allylic oxidation sites excluding steroid dienone is 7. The largest absolute Gasteiger partial charge is 0.487 e. The van der Waals surface area contributed by atoms with Crippen LogP contribution in [-0.2, 0) is 14.3 Å². The number of rotatable bonds is 0. The Balaban J connectivity index is 2.59. The molecule has 0 atom stereocenters. The SMILES string of the molecule is CC1=C(C)/C=C(\C)C(=O)C(=O)C2=C(\C=C\1)OC(C)(C)CC2. The molecule has 0 fully saturated rings. The predicted molar refractivity (Wildman–Crippen MR) is 82.7 cm³/mol. The van der Waals surface area contributed by atoms with Gasteiger partial charge in [0, 0.05) is 11.1 Å². The monoisotopic (exact) mass is 286 g/mol. The molecule has 21 heavy (non-hydrogen) atoms. The van der Waals surface area contributed by atoms with Gasteiger partial charge in [-0.25, -0.2) is 0 Å². The summed E-state index contributed by atoms with van der Waals surface area (Å²) in [5, 5.41) is 0. The Kier molecular flexibility index (Phi) is 4.04. The number of hydrogen-bond donors (Lipinski definition) is 0. The van der Waals surface area contributed by atoms with E-state index in [4.69, 9.17) is 4.74 Å². The van der Waals surface area contributed by atoms with Crippen molar-refractivity contribution >= 4 is 11.6 Å². The smallest absolute Gasteiger partial charge is 0.232 e. The van der Waals surface area contributed by atoms with E-state index in [1.807, 2.05) is 39.8 Å². The number of carbonyl (C=O) groups is 2. The third-order valence-electron chi connectivity index (χ3n) is 4.04. The van der Waals surface area contributed by atoms with E-state index in [9.17, 15) is 9.59 Å². The summed E-state index contributed by atoms with van der Waals surface area (Å²) >= 11 is 0. The summed E-state index contributed by atoms with van der Waals surface area (Å²) < 4.78 is 5.92. The molecule has 0 bridgehead atoms. The van der Waals surface area contributed by atoms with Crippen LogP contribution in [0.25, 0.3) is 0 Å². The van der Waals surface area contributed by atoms with Crippen LogP contribution < -0.4 is 0 Å². The van der Waals surface area contributed by atoms with Gasteiger partial charge < -0.3 is 4.74 Å². The van der Waals surface area contributed by atoms with E-state index in [0.717, 1.165) is 17.6 Å². The van der Waals surface area contributed by atoms with E-state index in [0.29, 0.717) is 23.3 Å². The third kappa shape index (κ3) is 3.23. The number of carbonyl (C=O) groups excluding carboxylic acids is 2. The molecule has 1 aliphatic carbocycles. The van der Waals surface area contributed by atoms with Gasteiger partial charge in [0.1, 0.15) is 11.4 Å². The molecular formula is C18H22O3. The summed E-state index contributed by atoms with van der Waals surface area (Å²) in [5.41, 5.74) is 2.69. The van der Waals surface area contributed by atoms with Crippen LogP contribution >= 0.6 is 0 Å². The fourth-order valence-electron chi connectivity index (χ4n) is 2.47. The highest BCUT2D eigenvalue weighted by atomic mass is 16.5. The summed E-state index contributed by atoms with van der Waals surface area (Å²) in [6.45, 7) is 9.60. The molecule has 112 valence electrons. The Bertz CT molecular complexity index is 625. The average Bonchev–Trinajstić information content (AvgIpc) is 2.41. The first-order valence-electron chi connectivity index (χ1n) is 7.26. The van der Waals surface area contributed by atoms with Gasteiger partial charge in [-0.2, -0.15) is 0 Å². The maximum absolute atomic E-state index is 12.4. The van der Waals surface area contributed by atoms with E-state index in [1.165, 1.54) is 0 Å². The molecule has 0 unspecified atom stereocenters. The third-order valence-corrected chi connectivity index (χ3v) is 4.04. The quantitative estimate of drug-likeness (QED) is 0.636. The number of ether oxygens (including phenoxy) is 1. The molecule has 0 aromatic carbocycles. The van der Waals surface area contributed by atoms with Crippen molar-refractivity contribution < 1.29 is 14.3 Å². The van der Waals surface area contributed by atoms with Gasteiger partial charge in [-0.05, 0) is 64.7 Å². The molecule has 0 N–H and O–H groups in total. The Labute approximate surface area is 126 Å². The maximum Gasteiger partial charge on any atom is 0.232 e. The second-order valence-corrected chi connectivity index (χ2v) is 6.39. The van der Waals surface area contributed by atoms with Crippen LogP contribution in [-0.4, -0.2) is 17.2 Å². The van der Waals surface area contributed by atoms with Crippen molar-refractivity contribution in [3.8, 4) is 0 Å². The van der Waals surface area contributed by atoms with Crippen molar-refractivity contribution in [1.82, 2.24) is 0 Å². The molecule has 3 heteroatoms. The second kappa shape index (κ2) is 5.47. The fourth-order valence-corrected chi connectivity index (χ4v) is 2.47. The number of ketones is 2. The van der Waals surface area contributed by atoms with Crippen LogP contribution in [0.2, 0.25) is 0 Å². The number of Topliss-reactive ketones (excluding diaryl/α,β-unsaturated/α-hetero) is 2. The summed E-state index contributed by atoms with van der Waals surface area (Å²) in [4.78, 5) is 24.7. The maximum atomic E-state index is 12.4. The van der Waals surface area contributed by atoms with Gasteiger partial charge >= 0.3 is 0 Å². The molecule has 0 spiro atoms. The molecule has 0 aromatic heterocycles. The van der Waals surface area contributed by atoms with Crippen LogP contribution in [0.1, 0.15) is 47.5 Å². The Morgan fingerprint density at radius 1 is 1.00 bits per heavy atom. The lowest BCUT2D eigenvalue weighted by molar-refractivity contribution is -0.132. The molecular weight excluding hydrogens is 264 g/mol. The van der Waals surface area contributed by atoms with Gasteiger partial charge in [0.15, 0.2) is 0 Å². The second-order valence-electron chi connectivity index (χ2n) is 6.39. The zero-order chi connectivity index (χ0) is 15.8. The van der Waals surface area contributed by atoms with E-state index in [2.05, 4.69) is 0 Å². The summed E-state index contributed by atoms with van der Waals surface area (Å²) in [7, 11) is 0. The minimum absolute atomic E-state index is 0.311. The van der Waals surface area contributed by atoms with Crippen molar-refractivity contribution in [2.75, 3.05) is 0 Å². The molecule has 0 saturated heterocycles. The van der Waals surface area contributed by atoms with E-state index in [-0.39, 0.29) is 5.60 Å². The van der Waals surface area contributed by atoms with Crippen molar-refractivity contribution in [3.63, 3.8) is 0 Å². The fraction of sp³-hybridized carbons (Fsp3) is 0.444. The molecule has 2 rings (SSSR count). The highest BCUT2D eigenvalue weighted by Gasteiger charge is 2.33. The summed E-state index contributed by atoms with van der Waals surface area (Å²) in [6, 6.07) is 0.